The first-order valence-corrected chi connectivity index (χ1v) is 7.19. The second kappa shape index (κ2) is 5.30. The molecule has 2 heterocycles. The third-order valence-corrected chi connectivity index (χ3v) is 3.48. The zero-order chi connectivity index (χ0) is 14.0. The maximum absolute atomic E-state index is 9.81. The molecule has 0 aliphatic rings. The Morgan fingerprint density at radius 3 is 2.68 bits per heavy atom. The highest BCUT2D eigenvalue weighted by molar-refractivity contribution is 7.18. The molecule has 0 spiro atoms. The van der Waals surface area contributed by atoms with Crippen LogP contribution in [0.3, 0.4) is 0 Å². The van der Waals surface area contributed by atoms with Crippen LogP contribution < -0.4 is 10.6 Å². The molecule has 0 atom stereocenters. The van der Waals surface area contributed by atoms with Crippen LogP contribution in [0.5, 0.6) is 0 Å². The van der Waals surface area contributed by atoms with Crippen molar-refractivity contribution in [2.24, 2.45) is 0 Å². The minimum atomic E-state index is -0.777. The molecule has 0 saturated carbocycles. The van der Waals surface area contributed by atoms with Gasteiger partial charge in [0.1, 0.15) is 10.6 Å². The molecule has 0 amide bonds. The molecule has 2 aromatic rings. The molecule has 0 aliphatic carbocycles. The normalized spacial score (nSPS) is 11.8. The van der Waals surface area contributed by atoms with Gasteiger partial charge in [-0.1, -0.05) is 0 Å². The summed E-state index contributed by atoms with van der Waals surface area (Å²) in [6.07, 6.45) is 0. The Hall–Kier alpha value is -1.40. The van der Waals surface area contributed by atoms with Crippen molar-refractivity contribution in [3.8, 4) is 0 Å². The summed E-state index contributed by atoms with van der Waals surface area (Å²) >= 11 is 1.65. The Morgan fingerprint density at radius 1 is 1.32 bits per heavy atom. The van der Waals surface area contributed by atoms with Crippen LogP contribution in [0.4, 0.5) is 11.8 Å². The Morgan fingerprint density at radius 2 is 2.05 bits per heavy atom. The van der Waals surface area contributed by atoms with Crippen LogP contribution in [-0.4, -0.2) is 33.8 Å². The van der Waals surface area contributed by atoms with Gasteiger partial charge in [-0.2, -0.15) is 4.98 Å². The average molecular weight is 280 g/mol. The zero-order valence-corrected chi connectivity index (χ0v) is 12.6. The number of nitrogens with zero attached hydrogens (tertiary/aromatic N) is 2. The lowest BCUT2D eigenvalue weighted by Gasteiger charge is -2.18. The van der Waals surface area contributed by atoms with Gasteiger partial charge in [-0.15, -0.1) is 11.3 Å². The first-order chi connectivity index (χ1) is 8.89. The number of aromatic nitrogens is 2. The number of hydrogen-bond donors (Lipinski definition) is 3. The summed E-state index contributed by atoms with van der Waals surface area (Å²) < 4.78 is 0. The summed E-state index contributed by atoms with van der Waals surface area (Å²) in [5.74, 6) is 1.39. The maximum Gasteiger partial charge on any atom is 0.226 e. The topological polar surface area (TPSA) is 70.1 Å². The van der Waals surface area contributed by atoms with E-state index in [2.05, 4.69) is 33.6 Å². The van der Waals surface area contributed by atoms with Crippen LogP contribution >= 0.6 is 11.3 Å². The minimum Gasteiger partial charge on any atom is -0.389 e. The quantitative estimate of drug-likeness (QED) is 0.785. The van der Waals surface area contributed by atoms with E-state index in [1.54, 1.807) is 25.2 Å². The molecule has 0 bridgehead atoms. The van der Waals surface area contributed by atoms with E-state index in [0.29, 0.717) is 12.5 Å². The van der Waals surface area contributed by atoms with Crippen molar-refractivity contribution >= 4 is 33.3 Å². The van der Waals surface area contributed by atoms with Gasteiger partial charge in [0.15, 0.2) is 0 Å². The molecule has 0 saturated heterocycles. The number of anilines is 2. The van der Waals surface area contributed by atoms with Gasteiger partial charge in [0.2, 0.25) is 5.95 Å². The summed E-state index contributed by atoms with van der Waals surface area (Å²) in [6.45, 7) is 8.82. The summed E-state index contributed by atoms with van der Waals surface area (Å²) in [5, 5.41) is 17.2. The van der Waals surface area contributed by atoms with Crippen LogP contribution in [-0.2, 0) is 0 Å². The third kappa shape index (κ3) is 3.54. The third-order valence-electron chi connectivity index (χ3n) is 2.54. The second-order valence-electron chi connectivity index (χ2n) is 5.17. The van der Waals surface area contributed by atoms with E-state index in [4.69, 9.17) is 0 Å². The molecule has 2 rings (SSSR count). The highest BCUT2D eigenvalue weighted by Crippen LogP contribution is 2.29. The number of rotatable bonds is 5. The Labute approximate surface area is 117 Å². The predicted octanol–water partition coefficient (Wildman–Crippen LogP) is 2.61. The highest BCUT2D eigenvalue weighted by atomic mass is 32.1. The fourth-order valence-corrected chi connectivity index (χ4v) is 2.59. The average Bonchev–Trinajstić information content (AvgIpc) is 2.65. The zero-order valence-electron chi connectivity index (χ0n) is 11.7. The minimum absolute atomic E-state index is 0.444. The van der Waals surface area contributed by atoms with E-state index in [0.717, 1.165) is 22.6 Å². The monoisotopic (exact) mass is 280 g/mol. The summed E-state index contributed by atoms with van der Waals surface area (Å²) in [7, 11) is 0. The molecule has 19 heavy (non-hydrogen) atoms. The molecule has 0 radical (unpaired) electrons. The standard InChI is InChI=1S/C13H20N4OS/c1-5-14-12-16-10(15-7-13(3,4)18)9-6-8(2)19-11(9)17-12/h6,18H,5,7H2,1-4H3,(H2,14,15,16,17). The molecule has 0 unspecified atom stereocenters. The number of fused-ring (bicyclic) bond motifs is 1. The summed E-state index contributed by atoms with van der Waals surface area (Å²) in [4.78, 5) is 11.1. The van der Waals surface area contributed by atoms with Gasteiger partial charge < -0.3 is 15.7 Å². The van der Waals surface area contributed by atoms with Gasteiger partial charge in [0.25, 0.3) is 0 Å². The largest absolute Gasteiger partial charge is 0.389 e. The molecular formula is C13H20N4OS. The van der Waals surface area contributed by atoms with Crippen LogP contribution in [0.25, 0.3) is 10.2 Å². The van der Waals surface area contributed by atoms with E-state index in [1.165, 1.54) is 4.88 Å². The van der Waals surface area contributed by atoms with Crippen molar-refractivity contribution in [2.45, 2.75) is 33.3 Å². The smallest absolute Gasteiger partial charge is 0.226 e. The SMILES string of the molecule is CCNc1nc(NCC(C)(C)O)c2cc(C)sc2n1. The molecule has 3 N–H and O–H groups in total. The molecule has 0 aliphatic heterocycles. The number of hydrogen-bond acceptors (Lipinski definition) is 6. The van der Waals surface area contributed by atoms with Gasteiger partial charge >= 0.3 is 0 Å². The van der Waals surface area contributed by atoms with Gasteiger partial charge in [0.05, 0.1) is 11.0 Å². The maximum atomic E-state index is 9.81. The van der Waals surface area contributed by atoms with Crippen LogP contribution in [0.1, 0.15) is 25.6 Å². The van der Waals surface area contributed by atoms with E-state index in [1.807, 2.05) is 6.92 Å². The summed E-state index contributed by atoms with van der Waals surface area (Å²) in [6, 6.07) is 2.07. The fraction of sp³-hybridized carbons (Fsp3) is 0.538. The van der Waals surface area contributed by atoms with Crippen LogP contribution in [0, 0.1) is 6.92 Å². The lowest BCUT2D eigenvalue weighted by Crippen LogP contribution is -2.29. The molecule has 0 fully saturated rings. The lowest BCUT2D eigenvalue weighted by molar-refractivity contribution is 0.0944. The Balaban J connectivity index is 2.38. The molecule has 0 aromatic carbocycles. The van der Waals surface area contributed by atoms with Crippen molar-refractivity contribution in [1.29, 1.82) is 0 Å². The Kier molecular flexibility index (Phi) is 3.91. The van der Waals surface area contributed by atoms with Crippen molar-refractivity contribution in [2.75, 3.05) is 23.7 Å². The first kappa shape index (κ1) is 14.0. The molecule has 6 heteroatoms. The van der Waals surface area contributed by atoms with Crippen molar-refractivity contribution in [3.63, 3.8) is 0 Å². The molecular weight excluding hydrogens is 260 g/mol. The van der Waals surface area contributed by atoms with Crippen molar-refractivity contribution in [1.82, 2.24) is 9.97 Å². The second-order valence-corrected chi connectivity index (χ2v) is 6.40. The lowest BCUT2D eigenvalue weighted by atomic mass is 10.1. The van der Waals surface area contributed by atoms with Gasteiger partial charge in [0, 0.05) is 18.0 Å². The number of nitrogens with one attached hydrogen (secondary N) is 2. The van der Waals surface area contributed by atoms with Crippen LogP contribution in [0.15, 0.2) is 6.07 Å². The molecule has 104 valence electrons. The van der Waals surface area contributed by atoms with E-state index < -0.39 is 5.60 Å². The van der Waals surface area contributed by atoms with Gasteiger partial charge in [-0.3, -0.25) is 0 Å². The van der Waals surface area contributed by atoms with E-state index >= 15 is 0 Å². The van der Waals surface area contributed by atoms with Crippen molar-refractivity contribution < 1.29 is 5.11 Å². The van der Waals surface area contributed by atoms with E-state index in [-0.39, 0.29) is 0 Å². The Bertz CT molecular complexity index is 574. The van der Waals surface area contributed by atoms with Gasteiger partial charge in [-0.25, -0.2) is 4.98 Å². The summed E-state index contributed by atoms with van der Waals surface area (Å²) in [5.41, 5.74) is -0.777. The van der Waals surface area contributed by atoms with Crippen LogP contribution in [0.2, 0.25) is 0 Å². The molecule has 2 aromatic heterocycles. The number of aliphatic hydroxyl groups is 1. The fourth-order valence-electron chi connectivity index (χ4n) is 1.71. The predicted molar refractivity (Wildman–Crippen MR) is 81.1 cm³/mol. The molecule has 5 nitrogen and oxygen atoms in total. The van der Waals surface area contributed by atoms with Gasteiger partial charge in [-0.05, 0) is 33.8 Å². The highest BCUT2D eigenvalue weighted by Gasteiger charge is 2.15. The van der Waals surface area contributed by atoms with E-state index in [9.17, 15) is 5.11 Å². The number of aryl methyl sites for hydroxylation is 1. The number of thiophene rings is 1. The first-order valence-electron chi connectivity index (χ1n) is 6.37. The van der Waals surface area contributed by atoms with Crippen molar-refractivity contribution in [3.05, 3.63) is 10.9 Å².